The van der Waals surface area contributed by atoms with E-state index in [0.29, 0.717) is 17.4 Å². The van der Waals surface area contributed by atoms with Crippen LogP contribution in [0.15, 0.2) is 6.33 Å². The molecule has 0 aromatic carbocycles. The Morgan fingerprint density at radius 2 is 1.78 bits per heavy atom. The van der Waals surface area contributed by atoms with Gasteiger partial charge in [-0.3, -0.25) is 0 Å². The molecule has 0 radical (unpaired) electrons. The quantitative estimate of drug-likeness (QED) is 0.787. The zero-order valence-corrected chi connectivity index (χ0v) is 12.5. The van der Waals surface area contributed by atoms with Crippen LogP contribution in [0, 0.1) is 11.3 Å². The summed E-state index contributed by atoms with van der Waals surface area (Å²) in [4.78, 5) is 0. The van der Waals surface area contributed by atoms with E-state index in [2.05, 4.69) is 49.4 Å². The normalized spacial score (nSPS) is 25.7. The van der Waals surface area contributed by atoms with Gasteiger partial charge in [-0.15, -0.1) is 10.2 Å². The van der Waals surface area contributed by atoms with Gasteiger partial charge in [0.2, 0.25) is 0 Å². The van der Waals surface area contributed by atoms with E-state index in [1.165, 1.54) is 31.5 Å². The highest BCUT2D eigenvalue weighted by Gasteiger charge is 2.32. The van der Waals surface area contributed by atoms with Crippen molar-refractivity contribution >= 4 is 0 Å². The van der Waals surface area contributed by atoms with Crippen molar-refractivity contribution in [3.05, 3.63) is 12.2 Å². The number of aromatic nitrogens is 3. The molecule has 3 nitrogen and oxygen atoms in total. The first kappa shape index (κ1) is 13.6. The lowest BCUT2D eigenvalue weighted by Crippen LogP contribution is -2.26. The molecule has 1 heterocycles. The number of hydrogen-bond acceptors (Lipinski definition) is 2. The van der Waals surface area contributed by atoms with Gasteiger partial charge in [0.25, 0.3) is 0 Å². The Hall–Kier alpha value is -0.860. The summed E-state index contributed by atoms with van der Waals surface area (Å²) in [6.45, 7) is 11.5. The minimum absolute atomic E-state index is 0.455. The highest BCUT2D eigenvalue weighted by Crippen LogP contribution is 2.42. The topological polar surface area (TPSA) is 30.7 Å². The molecule has 1 aromatic rings. The minimum atomic E-state index is 0.455. The molecule has 0 bridgehead atoms. The summed E-state index contributed by atoms with van der Waals surface area (Å²) >= 11 is 0. The molecule has 0 aliphatic heterocycles. The van der Waals surface area contributed by atoms with Crippen LogP contribution in [0.25, 0.3) is 0 Å². The Bertz CT molecular complexity index is 379. The molecule has 18 heavy (non-hydrogen) atoms. The largest absolute Gasteiger partial charge is 0.315 e. The van der Waals surface area contributed by atoms with Crippen LogP contribution in [-0.2, 0) is 0 Å². The number of hydrogen-bond donors (Lipinski definition) is 0. The molecule has 0 spiro atoms. The third-order valence-corrected chi connectivity index (χ3v) is 4.47. The van der Waals surface area contributed by atoms with E-state index in [1.807, 2.05) is 6.33 Å². The highest BCUT2D eigenvalue weighted by molar-refractivity contribution is 5.00. The third kappa shape index (κ3) is 2.76. The van der Waals surface area contributed by atoms with E-state index >= 15 is 0 Å². The first-order chi connectivity index (χ1) is 8.39. The van der Waals surface area contributed by atoms with Crippen LogP contribution in [0.2, 0.25) is 0 Å². The Balaban J connectivity index is 2.04. The number of nitrogens with zero attached hydrogens (tertiary/aromatic N) is 3. The van der Waals surface area contributed by atoms with Gasteiger partial charge in [-0.05, 0) is 50.9 Å². The maximum absolute atomic E-state index is 4.36. The van der Waals surface area contributed by atoms with Gasteiger partial charge in [-0.2, -0.15) is 0 Å². The lowest BCUT2D eigenvalue weighted by Gasteiger charge is -2.36. The van der Waals surface area contributed by atoms with Crippen molar-refractivity contribution in [3.63, 3.8) is 0 Å². The first-order valence-electron chi connectivity index (χ1n) is 7.29. The van der Waals surface area contributed by atoms with E-state index in [9.17, 15) is 0 Å². The molecule has 0 unspecified atom stereocenters. The number of rotatable bonds is 2. The van der Waals surface area contributed by atoms with Crippen LogP contribution < -0.4 is 0 Å². The van der Waals surface area contributed by atoms with Crippen LogP contribution in [0.5, 0.6) is 0 Å². The predicted molar refractivity (Wildman–Crippen MR) is 74.6 cm³/mol. The minimum Gasteiger partial charge on any atom is -0.315 e. The molecular weight excluding hydrogens is 222 g/mol. The molecule has 1 aliphatic rings. The van der Waals surface area contributed by atoms with Gasteiger partial charge < -0.3 is 4.57 Å². The second kappa shape index (κ2) is 5.02. The van der Waals surface area contributed by atoms with Gasteiger partial charge in [-0.25, -0.2) is 0 Å². The van der Waals surface area contributed by atoms with Crippen molar-refractivity contribution in [2.45, 2.75) is 72.3 Å². The van der Waals surface area contributed by atoms with E-state index < -0.39 is 0 Å². The lowest BCUT2D eigenvalue weighted by atomic mass is 9.69. The Labute approximate surface area is 111 Å². The Morgan fingerprint density at radius 3 is 2.28 bits per heavy atom. The Morgan fingerprint density at radius 1 is 1.17 bits per heavy atom. The SMILES string of the molecule is CC(C)n1cnnc1C1CCC(C(C)(C)C)CC1. The zero-order chi connectivity index (χ0) is 13.3. The summed E-state index contributed by atoms with van der Waals surface area (Å²) in [6, 6.07) is 0.468. The molecule has 0 saturated heterocycles. The van der Waals surface area contributed by atoms with E-state index in [1.54, 1.807) is 0 Å². The average molecular weight is 249 g/mol. The average Bonchev–Trinajstić information content (AvgIpc) is 2.77. The summed E-state index contributed by atoms with van der Waals surface area (Å²) in [6.07, 6.45) is 7.09. The van der Waals surface area contributed by atoms with Gasteiger partial charge in [0, 0.05) is 12.0 Å². The molecule has 102 valence electrons. The summed E-state index contributed by atoms with van der Waals surface area (Å²) in [5, 5.41) is 8.46. The fourth-order valence-electron chi connectivity index (χ4n) is 3.16. The zero-order valence-electron chi connectivity index (χ0n) is 12.5. The molecule has 2 rings (SSSR count). The standard InChI is InChI=1S/C15H27N3/c1-11(2)18-10-16-17-14(18)12-6-8-13(9-7-12)15(3,4)5/h10-13H,6-9H2,1-5H3. The second-order valence-corrected chi connectivity index (χ2v) is 7.10. The molecule has 1 saturated carbocycles. The second-order valence-electron chi connectivity index (χ2n) is 7.10. The van der Waals surface area contributed by atoms with E-state index in [4.69, 9.17) is 0 Å². The first-order valence-corrected chi connectivity index (χ1v) is 7.29. The van der Waals surface area contributed by atoms with Gasteiger partial charge in [0.1, 0.15) is 12.2 Å². The maximum Gasteiger partial charge on any atom is 0.136 e. The summed E-state index contributed by atoms with van der Waals surface area (Å²) in [5.41, 5.74) is 0.455. The summed E-state index contributed by atoms with van der Waals surface area (Å²) in [5.74, 6) is 2.69. The molecule has 1 aromatic heterocycles. The highest BCUT2D eigenvalue weighted by atomic mass is 15.3. The molecule has 0 atom stereocenters. The van der Waals surface area contributed by atoms with Crippen molar-refractivity contribution in [3.8, 4) is 0 Å². The molecule has 1 fully saturated rings. The molecule has 0 amide bonds. The summed E-state index contributed by atoms with van der Waals surface area (Å²) < 4.78 is 2.24. The van der Waals surface area contributed by atoms with Crippen LogP contribution in [0.1, 0.15) is 78.1 Å². The van der Waals surface area contributed by atoms with Crippen LogP contribution >= 0.6 is 0 Å². The van der Waals surface area contributed by atoms with Crippen molar-refractivity contribution in [2.24, 2.45) is 11.3 Å². The van der Waals surface area contributed by atoms with Gasteiger partial charge >= 0.3 is 0 Å². The van der Waals surface area contributed by atoms with Crippen LogP contribution in [-0.4, -0.2) is 14.8 Å². The fourth-order valence-corrected chi connectivity index (χ4v) is 3.16. The molecular formula is C15H27N3. The van der Waals surface area contributed by atoms with E-state index in [0.717, 1.165) is 5.92 Å². The molecule has 1 aliphatic carbocycles. The third-order valence-electron chi connectivity index (χ3n) is 4.47. The van der Waals surface area contributed by atoms with Crippen molar-refractivity contribution in [1.82, 2.24) is 14.8 Å². The molecule has 3 heteroatoms. The fraction of sp³-hybridized carbons (Fsp3) is 0.867. The van der Waals surface area contributed by atoms with Gasteiger partial charge in [0.05, 0.1) is 0 Å². The van der Waals surface area contributed by atoms with Crippen LogP contribution in [0.3, 0.4) is 0 Å². The summed E-state index contributed by atoms with van der Waals surface area (Å²) in [7, 11) is 0. The maximum atomic E-state index is 4.36. The van der Waals surface area contributed by atoms with Crippen LogP contribution in [0.4, 0.5) is 0 Å². The lowest BCUT2D eigenvalue weighted by molar-refractivity contribution is 0.166. The van der Waals surface area contributed by atoms with Gasteiger partial charge in [0.15, 0.2) is 0 Å². The smallest absolute Gasteiger partial charge is 0.136 e. The van der Waals surface area contributed by atoms with Crippen molar-refractivity contribution in [2.75, 3.05) is 0 Å². The van der Waals surface area contributed by atoms with E-state index in [-0.39, 0.29) is 0 Å². The molecule has 0 N–H and O–H groups in total. The monoisotopic (exact) mass is 249 g/mol. The predicted octanol–water partition coefficient (Wildman–Crippen LogP) is 4.18. The Kier molecular flexibility index (Phi) is 3.79. The van der Waals surface area contributed by atoms with Crippen molar-refractivity contribution in [1.29, 1.82) is 0 Å². The van der Waals surface area contributed by atoms with Gasteiger partial charge in [-0.1, -0.05) is 20.8 Å². The van der Waals surface area contributed by atoms with Crippen molar-refractivity contribution < 1.29 is 0 Å².